The second-order valence-corrected chi connectivity index (χ2v) is 8.11. The molecule has 0 aromatic heterocycles. The second kappa shape index (κ2) is 7.34. The summed E-state index contributed by atoms with van der Waals surface area (Å²) in [5.41, 5.74) is 0.968. The number of rotatable bonds is 5. The van der Waals surface area contributed by atoms with E-state index < -0.39 is 0 Å². The van der Waals surface area contributed by atoms with Gasteiger partial charge in [0, 0.05) is 36.8 Å². The minimum Gasteiger partial charge on any atom is -0.492 e. The lowest BCUT2D eigenvalue weighted by Crippen LogP contribution is -2.56. The Hall–Kier alpha value is -1.59. The lowest BCUT2D eigenvalue weighted by atomic mass is 9.95. The highest BCUT2D eigenvalue weighted by Crippen LogP contribution is 2.33. The molecule has 0 unspecified atom stereocenters. The van der Waals surface area contributed by atoms with Gasteiger partial charge in [0.15, 0.2) is 0 Å². The lowest BCUT2D eigenvalue weighted by Gasteiger charge is -2.44. The first-order chi connectivity index (χ1) is 11.9. The molecule has 2 aliphatic heterocycles. The number of fused-ring (bicyclic) bond motifs is 1. The van der Waals surface area contributed by atoms with E-state index >= 15 is 0 Å². The zero-order valence-electron chi connectivity index (χ0n) is 15.9. The number of carbonyl (C=O) groups is 1. The smallest absolute Gasteiger partial charge is 0.231 e. The van der Waals surface area contributed by atoms with Crippen molar-refractivity contribution in [2.24, 2.45) is 0 Å². The zero-order chi connectivity index (χ0) is 18.0. The summed E-state index contributed by atoms with van der Waals surface area (Å²) in [6.07, 6.45) is 2.38. The van der Waals surface area contributed by atoms with Gasteiger partial charge in [-0.2, -0.15) is 0 Å². The molecule has 1 N–H and O–H groups in total. The molecule has 0 spiro atoms. The topological polar surface area (TPSA) is 44.8 Å². The number of para-hydroxylation sites is 1. The minimum atomic E-state index is -0.188. The van der Waals surface area contributed by atoms with Crippen LogP contribution in [0.5, 0.6) is 5.75 Å². The Balaban J connectivity index is 1.53. The predicted octanol–water partition coefficient (Wildman–Crippen LogP) is 2.08. The van der Waals surface area contributed by atoms with Crippen molar-refractivity contribution in [3.63, 3.8) is 0 Å². The Kier molecular flexibility index (Phi) is 5.35. The van der Waals surface area contributed by atoms with Crippen molar-refractivity contribution >= 4 is 5.91 Å². The number of benzene rings is 1. The molecule has 3 rings (SSSR count). The average Bonchev–Trinajstić information content (AvgIpc) is 3.04. The molecule has 1 fully saturated rings. The van der Waals surface area contributed by atoms with E-state index in [4.69, 9.17) is 4.74 Å². The third-order valence-corrected chi connectivity index (χ3v) is 5.76. The van der Waals surface area contributed by atoms with Crippen LogP contribution in [0, 0.1) is 0 Å². The van der Waals surface area contributed by atoms with Crippen LogP contribution >= 0.6 is 0 Å². The number of hydrogen-bond acceptors (Lipinski definition) is 4. The third-order valence-electron chi connectivity index (χ3n) is 5.76. The van der Waals surface area contributed by atoms with E-state index in [1.807, 2.05) is 24.3 Å². The molecule has 0 bridgehead atoms. The monoisotopic (exact) mass is 345 g/mol. The maximum Gasteiger partial charge on any atom is 0.231 e. The van der Waals surface area contributed by atoms with Crippen LogP contribution in [0.4, 0.5) is 0 Å². The van der Waals surface area contributed by atoms with Crippen LogP contribution in [0.2, 0.25) is 0 Å². The van der Waals surface area contributed by atoms with Crippen LogP contribution in [0.25, 0.3) is 0 Å². The fourth-order valence-electron chi connectivity index (χ4n) is 3.91. The Morgan fingerprint density at radius 3 is 2.64 bits per heavy atom. The quantitative estimate of drug-likeness (QED) is 0.887. The molecule has 0 radical (unpaired) electrons. The maximum atomic E-state index is 12.7. The van der Waals surface area contributed by atoms with Crippen molar-refractivity contribution < 1.29 is 9.53 Å². The summed E-state index contributed by atoms with van der Waals surface area (Å²) in [5.74, 6) is 0.723. The summed E-state index contributed by atoms with van der Waals surface area (Å²) in [5, 5.41) is 3.17. The SMILES string of the molecule is CN(C)C1CCN(C(C)(C)CNC(=O)[C@H]2COc3ccccc32)CC1. The van der Waals surface area contributed by atoms with Crippen LogP contribution in [0.1, 0.15) is 38.2 Å². The van der Waals surface area contributed by atoms with Gasteiger partial charge in [0.25, 0.3) is 0 Å². The fourth-order valence-corrected chi connectivity index (χ4v) is 3.91. The molecule has 1 amide bonds. The summed E-state index contributed by atoms with van der Waals surface area (Å²) >= 11 is 0. The minimum absolute atomic E-state index is 0.0358. The summed E-state index contributed by atoms with van der Waals surface area (Å²) in [6.45, 7) is 7.73. The molecular formula is C20H31N3O2. The maximum absolute atomic E-state index is 12.7. The van der Waals surface area contributed by atoms with Gasteiger partial charge in [-0.15, -0.1) is 0 Å². The third kappa shape index (κ3) is 3.98. The number of carbonyl (C=O) groups excluding carboxylic acids is 1. The zero-order valence-corrected chi connectivity index (χ0v) is 15.9. The predicted molar refractivity (Wildman–Crippen MR) is 100 cm³/mol. The summed E-state index contributed by atoms with van der Waals surface area (Å²) in [6, 6.07) is 8.51. The molecule has 0 saturated carbocycles. The lowest BCUT2D eigenvalue weighted by molar-refractivity contribution is -0.123. The molecule has 1 aromatic rings. The number of nitrogens with zero attached hydrogens (tertiary/aromatic N) is 2. The van der Waals surface area contributed by atoms with Crippen LogP contribution in [-0.4, -0.2) is 67.6 Å². The number of ether oxygens (including phenoxy) is 1. The summed E-state index contributed by atoms with van der Waals surface area (Å²) in [4.78, 5) is 17.5. The van der Waals surface area contributed by atoms with Crippen molar-refractivity contribution in [1.29, 1.82) is 0 Å². The Labute approximate surface area is 151 Å². The highest BCUT2D eigenvalue weighted by Gasteiger charge is 2.34. The first-order valence-electron chi connectivity index (χ1n) is 9.29. The first-order valence-corrected chi connectivity index (χ1v) is 9.29. The molecule has 1 aromatic carbocycles. The molecule has 5 heteroatoms. The highest BCUT2D eigenvalue weighted by molar-refractivity contribution is 5.85. The van der Waals surface area contributed by atoms with Gasteiger partial charge in [-0.05, 0) is 46.9 Å². The molecule has 1 saturated heterocycles. The van der Waals surface area contributed by atoms with Gasteiger partial charge in [-0.3, -0.25) is 9.69 Å². The van der Waals surface area contributed by atoms with Crippen molar-refractivity contribution in [2.45, 2.75) is 44.2 Å². The molecule has 5 nitrogen and oxygen atoms in total. The van der Waals surface area contributed by atoms with Gasteiger partial charge in [-0.1, -0.05) is 18.2 Å². The molecule has 2 heterocycles. The summed E-state index contributed by atoms with van der Waals surface area (Å²) in [7, 11) is 4.32. The van der Waals surface area contributed by atoms with Crippen LogP contribution in [0.15, 0.2) is 24.3 Å². The van der Waals surface area contributed by atoms with E-state index in [0.717, 1.165) is 24.4 Å². The fraction of sp³-hybridized carbons (Fsp3) is 0.650. The number of nitrogens with one attached hydrogen (secondary N) is 1. The number of likely N-dealkylation sites (tertiary alicyclic amines) is 1. The normalized spacial score (nSPS) is 21.9. The highest BCUT2D eigenvalue weighted by atomic mass is 16.5. The van der Waals surface area contributed by atoms with E-state index in [1.54, 1.807) is 0 Å². The van der Waals surface area contributed by atoms with E-state index in [2.05, 4.69) is 43.1 Å². The van der Waals surface area contributed by atoms with Gasteiger partial charge in [0.2, 0.25) is 5.91 Å². The van der Waals surface area contributed by atoms with Crippen molar-refractivity contribution in [3.05, 3.63) is 29.8 Å². The molecule has 1 atom stereocenters. The average molecular weight is 345 g/mol. The van der Waals surface area contributed by atoms with Crippen LogP contribution in [-0.2, 0) is 4.79 Å². The Morgan fingerprint density at radius 1 is 1.28 bits per heavy atom. The second-order valence-electron chi connectivity index (χ2n) is 8.11. The van der Waals surface area contributed by atoms with Gasteiger partial charge in [0.05, 0.1) is 0 Å². The van der Waals surface area contributed by atoms with Crippen LogP contribution < -0.4 is 10.1 Å². The molecule has 2 aliphatic rings. The molecule has 25 heavy (non-hydrogen) atoms. The van der Waals surface area contributed by atoms with E-state index in [-0.39, 0.29) is 17.4 Å². The molecule has 0 aliphatic carbocycles. The number of hydrogen-bond donors (Lipinski definition) is 1. The molecular weight excluding hydrogens is 314 g/mol. The van der Waals surface area contributed by atoms with Gasteiger partial charge in [0.1, 0.15) is 18.3 Å². The van der Waals surface area contributed by atoms with E-state index in [1.165, 1.54) is 12.8 Å². The van der Waals surface area contributed by atoms with Crippen molar-refractivity contribution in [1.82, 2.24) is 15.1 Å². The van der Waals surface area contributed by atoms with Crippen LogP contribution in [0.3, 0.4) is 0 Å². The van der Waals surface area contributed by atoms with Gasteiger partial charge < -0.3 is 15.0 Å². The van der Waals surface area contributed by atoms with Gasteiger partial charge >= 0.3 is 0 Å². The van der Waals surface area contributed by atoms with E-state index in [9.17, 15) is 4.79 Å². The van der Waals surface area contributed by atoms with Crippen molar-refractivity contribution in [2.75, 3.05) is 40.3 Å². The Bertz CT molecular complexity index is 607. The standard InChI is InChI=1S/C20H31N3O2/c1-20(2,23-11-9-15(10-12-23)22(3)4)14-21-19(24)17-13-25-18-8-6-5-7-16(17)18/h5-8,15,17H,9-14H2,1-4H3,(H,21,24)/t17-/m0/s1. The van der Waals surface area contributed by atoms with E-state index in [0.29, 0.717) is 19.2 Å². The number of amides is 1. The first kappa shape index (κ1) is 18.2. The summed E-state index contributed by atoms with van der Waals surface area (Å²) < 4.78 is 5.64. The van der Waals surface area contributed by atoms with Gasteiger partial charge in [-0.25, -0.2) is 0 Å². The number of piperidine rings is 1. The van der Waals surface area contributed by atoms with Crippen molar-refractivity contribution in [3.8, 4) is 5.75 Å². The molecule has 138 valence electrons. The largest absolute Gasteiger partial charge is 0.492 e. The Morgan fingerprint density at radius 2 is 1.96 bits per heavy atom.